The first kappa shape index (κ1) is 8.87. The Morgan fingerprint density at radius 3 is 2.42 bits per heavy atom. The SMILES string of the molecule is COc1ccc2c(OC)c1C2.N. The van der Waals surface area contributed by atoms with E-state index in [0.29, 0.717) is 0 Å². The van der Waals surface area contributed by atoms with E-state index in [0.717, 1.165) is 17.9 Å². The van der Waals surface area contributed by atoms with E-state index in [1.807, 2.05) is 12.1 Å². The summed E-state index contributed by atoms with van der Waals surface area (Å²) in [5.41, 5.74) is 2.48. The number of fused-ring (bicyclic) bond motifs is 2. The van der Waals surface area contributed by atoms with Crippen LogP contribution in [0.4, 0.5) is 0 Å². The van der Waals surface area contributed by atoms with Crippen LogP contribution >= 0.6 is 0 Å². The summed E-state index contributed by atoms with van der Waals surface area (Å²) in [4.78, 5) is 0. The monoisotopic (exact) mass is 167 g/mol. The van der Waals surface area contributed by atoms with Gasteiger partial charge in [0.1, 0.15) is 11.5 Å². The molecule has 3 heteroatoms. The van der Waals surface area contributed by atoms with Gasteiger partial charge in [-0.15, -0.1) is 0 Å². The average molecular weight is 167 g/mol. The number of hydrogen-bond acceptors (Lipinski definition) is 3. The number of benzene rings is 1. The van der Waals surface area contributed by atoms with Crippen molar-refractivity contribution in [1.82, 2.24) is 6.15 Å². The highest BCUT2D eigenvalue weighted by Crippen LogP contribution is 2.42. The number of ether oxygens (including phenoxy) is 2. The maximum Gasteiger partial charge on any atom is 0.129 e. The molecule has 0 aromatic heterocycles. The lowest BCUT2D eigenvalue weighted by molar-refractivity contribution is 0.372. The molecule has 2 bridgehead atoms. The van der Waals surface area contributed by atoms with Crippen LogP contribution in [0.25, 0.3) is 0 Å². The molecule has 12 heavy (non-hydrogen) atoms. The molecule has 0 aliphatic heterocycles. The van der Waals surface area contributed by atoms with Crippen LogP contribution in [0.2, 0.25) is 0 Å². The van der Waals surface area contributed by atoms with Gasteiger partial charge < -0.3 is 15.6 Å². The maximum absolute atomic E-state index is 5.18. The normalized spacial score (nSPS) is 11.2. The van der Waals surface area contributed by atoms with Crippen LogP contribution < -0.4 is 15.6 Å². The van der Waals surface area contributed by atoms with Crippen molar-refractivity contribution >= 4 is 0 Å². The number of methoxy groups -OCH3 is 2. The summed E-state index contributed by atoms with van der Waals surface area (Å²) >= 11 is 0. The summed E-state index contributed by atoms with van der Waals surface area (Å²) < 4.78 is 10.3. The molecule has 0 unspecified atom stereocenters. The molecule has 1 aromatic rings. The Kier molecular flexibility index (Phi) is 2.24. The van der Waals surface area contributed by atoms with E-state index in [-0.39, 0.29) is 6.15 Å². The smallest absolute Gasteiger partial charge is 0.129 e. The summed E-state index contributed by atoms with van der Waals surface area (Å²) in [7, 11) is 3.38. The molecule has 3 rings (SSSR count). The standard InChI is InChI=1S/C9H10O2.H3N/c1-10-8-4-3-6-5-7(8)9(6)11-2;/h3-4H,5H2,1-2H3;1H3. The van der Waals surface area contributed by atoms with Crippen molar-refractivity contribution in [1.29, 1.82) is 0 Å². The first-order chi connectivity index (χ1) is 5.36. The van der Waals surface area contributed by atoms with Crippen molar-refractivity contribution in [3.63, 3.8) is 0 Å². The average Bonchev–Trinajstić information content (AvgIpc) is 2.05. The fraction of sp³-hybridized carbons (Fsp3) is 0.333. The van der Waals surface area contributed by atoms with Gasteiger partial charge in [-0.05, 0) is 11.6 Å². The minimum atomic E-state index is 0. The van der Waals surface area contributed by atoms with Gasteiger partial charge in [0, 0.05) is 12.0 Å². The van der Waals surface area contributed by atoms with Gasteiger partial charge in [-0.1, -0.05) is 6.07 Å². The van der Waals surface area contributed by atoms with E-state index < -0.39 is 0 Å². The van der Waals surface area contributed by atoms with Crippen molar-refractivity contribution < 1.29 is 9.47 Å². The van der Waals surface area contributed by atoms with E-state index in [4.69, 9.17) is 9.47 Å². The van der Waals surface area contributed by atoms with Crippen LogP contribution in [0.15, 0.2) is 12.1 Å². The molecule has 2 aliphatic carbocycles. The minimum Gasteiger partial charge on any atom is -0.496 e. The molecule has 0 amide bonds. The van der Waals surface area contributed by atoms with Crippen molar-refractivity contribution in [2.75, 3.05) is 14.2 Å². The molecular weight excluding hydrogens is 154 g/mol. The predicted octanol–water partition coefficient (Wildman–Crippen LogP) is 1.77. The van der Waals surface area contributed by atoms with E-state index in [1.54, 1.807) is 14.2 Å². The second-order valence-electron chi connectivity index (χ2n) is 2.62. The highest BCUT2D eigenvalue weighted by Gasteiger charge is 2.24. The van der Waals surface area contributed by atoms with Crippen molar-refractivity contribution in [3.05, 3.63) is 23.3 Å². The fourth-order valence-electron chi connectivity index (χ4n) is 1.49. The van der Waals surface area contributed by atoms with Crippen LogP contribution in [-0.2, 0) is 6.42 Å². The van der Waals surface area contributed by atoms with Crippen LogP contribution in [0, 0.1) is 0 Å². The van der Waals surface area contributed by atoms with Gasteiger partial charge in [-0.3, -0.25) is 0 Å². The number of rotatable bonds is 2. The van der Waals surface area contributed by atoms with Crippen LogP contribution in [0.1, 0.15) is 11.1 Å². The molecular formula is C9H13NO2. The molecule has 0 atom stereocenters. The Morgan fingerprint density at radius 2 is 1.92 bits per heavy atom. The lowest BCUT2D eigenvalue weighted by atomic mass is 9.90. The Morgan fingerprint density at radius 1 is 1.17 bits per heavy atom. The zero-order chi connectivity index (χ0) is 7.84. The first-order valence-electron chi connectivity index (χ1n) is 3.59. The van der Waals surface area contributed by atoms with Crippen molar-refractivity contribution in [2.45, 2.75) is 6.42 Å². The molecule has 0 saturated carbocycles. The maximum atomic E-state index is 5.18. The summed E-state index contributed by atoms with van der Waals surface area (Å²) in [6.07, 6.45) is 1.00. The highest BCUT2D eigenvalue weighted by atomic mass is 16.5. The molecule has 3 nitrogen and oxygen atoms in total. The summed E-state index contributed by atoms with van der Waals surface area (Å²) in [6, 6.07) is 4.03. The molecule has 1 aromatic carbocycles. The van der Waals surface area contributed by atoms with Crippen molar-refractivity contribution in [2.24, 2.45) is 0 Å². The van der Waals surface area contributed by atoms with E-state index in [9.17, 15) is 0 Å². The largest absolute Gasteiger partial charge is 0.496 e. The van der Waals surface area contributed by atoms with Crippen LogP contribution in [0.3, 0.4) is 0 Å². The molecule has 0 fully saturated rings. The Labute approximate surface area is 71.9 Å². The lowest BCUT2D eigenvalue weighted by Gasteiger charge is -2.24. The van der Waals surface area contributed by atoms with Gasteiger partial charge in [0.15, 0.2) is 0 Å². The fourth-order valence-corrected chi connectivity index (χ4v) is 1.49. The third kappa shape index (κ3) is 0.940. The van der Waals surface area contributed by atoms with Gasteiger partial charge >= 0.3 is 0 Å². The second kappa shape index (κ2) is 3.03. The molecule has 0 spiro atoms. The number of hydrogen-bond donors (Lipinski definition) is 1. The predicted molar refractivity (Wildman–Crippen MR) is 47.4 cm³/mol. The molecule has 0 heterocycles. The quantitative estimate of drug-likeness (QED) is 0.741. The molecule has 66 valence electrons. The van der Waals surface area contributed by atoms with E-state index >= 15 is 0 Å². The van der Waals surface area contributed by atoms with Gasteiger partial charge in [-0.25, -0.2) is 0 Å². The first-order valence-corrected chi connectivity index (χ1v) is 3.59. The molecule has 2 aliphatic rings. The Bertz CT molecular complexity index is 288. The van der Waals surface area contributed by atoms with Crippen molar-refractivity contribution in [3.8, 4) is 11.5 Å². The summed E-state index contributed by atoms with van der Waals surface area (Å²) in [6.45, 7) is 0. The van der Waals surface area contributed by atoms with Gasteiger partial charge in [0.05, 0.1) is 14.2 Å². The third-order valence-corrected chi connectivity index (χ3v) is 2.09. The van der Waals surface area contributed by atoms with E-state index in [2.05, 4.69) is 0 Å². The van der Waals surface area contributed by atoms with Crippen LogP contribution in [-0.4, -0.2) is 14.2 Å². The van der Waals surface area contributed by atoms with Gasteiger partial charge in [0.2, 0.25) is 0 Å². The van der Waals surface area contributed by atoms with Crippen LogP contribution in [0.5, 0.6) is 11.5 Å². The zero-order valence-corrected chi connectivity index (χ0v) is 7.39. The second-order valence-corrected chi connectivity index (χ2v) is 2.62. The van der Waals surface area contributed by atoms with Gasteiger partial charge in [0.25, 0.3) is 0 Å². The summed E-state index contributed by atoms with van der Waals surface area (Å²) in [5, 5.41) is 0. The third-order valence-electron chi connectivity index (χ3n) is 2.09. The topological polar surface area (TPSA) is 53.5 Å². The highest BCUT2D eigenvalue weighted by molar-refractivity contribution is 5.60. The van der Waals surface area contributed by atoms with Gasteiger partial charge in [-0.2, -0.15) is 0 Å². The molecule has 0 radical (unpaired) electrons. The Hall–Kier alpha value is -1.22. The Balaban J connectivity index is 0.000000720. The summed E-state index contributed by atoms with van der Waals surface area (Å²) in [5.74, 6) is 1.95. The molecule has 3 N–H and O–H groups in total. The van der Waals surface area contributed by atoms with E-state index in [1.165, 1.54) is 11.1 Å². The lowest BCUT2D eigenvalue weighted by Crippen LogP contribution is -2.09. The minimum absolute atomic E-state index is 0. The zero-order valence-electron chi connectivity index (χ0n) is 7.39. The molecule has 0 saturated heterocycles.